The van der Waals surface area contributed by atoms with Gasteiger partial charge in [-0.1, -0.05) is 0 Å². The molecule has 1 aliphatic heterocycles. The van der Waals surface area contributed by atoms with Gasteiger partial charge in [-0.25, -0.2) is 9.97 Å². The molecule has 19 heavy (non-hydrogen) atoms. The summed E-state index contributed by atoms with van der Waals surface area (Å²) in [6.45, 7) is 4.98. The molecule has 1 aromatic rings. The molecule has 0 bridgehead atoms. The van der Waals surface area contributed by atoms with Gasteiger partial charge in [0.1, 0.15) is 18.0 Å². The number of aromatic nitrogens is 2. The van der Waals surface area contributed by atoms with E-state index in [1.165, 1.54) is 0 Å². The van der Waals surface area contributed by atoms with E-state index in [9.17, 15) is 0 Å². The second-order valence-corrected chi connectivity index (χ2v) is 5.07. The number of hydrogen-bond donors (Lipinski definition) is 0. The standard InChI is InChI=1S/C14H21N5/c1-3-18(2)13-9-14(17-11-16-13)19-8-4-5-12(10-19)6-7-15/h9,11-12H,3-6,8,10H2,1-2H3. The van der Waals surface area contributed by atoms with Crippen molar-refractivity contribution in [1.82, 2.24) is 9.97 Å². The van der Waals surface area contributed by atoms with Crippen molar-refractivity contribution < 1.29 is 0 Å². The number of hydrogen-bond acceptors (Lipinski definition) is 5. The van der Waals surface area contributed by atoms with Crippen molar-refractivity contribution in [3.63, 3.8) is 0 Å². The lowest BCUT2D eigenvalue weighted by molar-refractivity contribution is 0.420. The van der Waals surface area contributed by atoms with Gasteiger partial charge in [-0.2, -0.15) is 5.26 Å². The van der Waals surface area contributed by atoms with Gasteiger partial charge in [-0.3, -0.25) is 0 Å². The van der Waals surface area contributed by atoms with Crippen molar-refractivity contribution in [3.05, 3.63) is 12.4 Å². The molecule has 1 saturated heterocycles. The minimum atomic E-state index is 0.473. The Bertz CT molecular complexity index is 453. The number of piperidine rings is 1. The largest absolute Gasteiger partial charge is 0.360 e. The predicted molar refractivity (Wildman–Crippen MR) is 76.1 cm³/mol. The van der Waals surface area contributed by atoms with Gasteiger partial charge in [0.05, 0.1) is 6.07 Å². The highest BCUT2D eigenvalue weighted by Gasteiger charge is 2.21. The predicted octanol–water partition coefficient (Wildman–Crippen LogP) is 2.06. The Balaban J connectivity index is 2.10. The van der Waals surface area contributed by atoms with Crippen molar-refractivity contribution in [2.24, 2.45) is 5.92 Å². The van der Waals surface area contributed by atoms with Gasteiger partial charge in [0.2, 0.25) is 0 Å². The van der Waals surface area contributed by atoms with Gasteiger partial charge >= 0.3 is 0 Å². The summed E-state index contributed by atoms with van der Waals surface area (Å²) >= 11 is 0. The molecule has 0 spiro atoms. The highest BCUT2D eigenvalue weighted by atomic mass is 15.2. The summed E-state index contributed by atoms with van der Waals surface area (Å²) in [6, 6.07) is 4.32. The van der Waals surface area contributed by atoms with Crippen LogP contribution in [0.4, 0.5) is 11.6 Å². The quantitative estimate of drug-likeness (QED) is 0.828. The van der Waals surface area contributed by atoms with Crippen molar-refractivity contribution in [2.75, 3.05) is 36.5 Å². The zero-order valence-electron chi connectivity index (χ0n) is 11.7. The molecule has 0 aromatic carbocycles. The van der Waals surface area contributed by atoms with E-state index in [4.69, 9.17) is 5.26 Å². The van der Waals surface area contributed by atoms with Crippen molar-refractivity contribution in [1.29, 1.82) is 5.26 Å². The van der Waals surface area contributed by atoms with Gasteiger partial charge in [0.25, 0.3) is 0 Å². The third-order valence-corrected chi connectivity index (χ3v) is 3.73. The Morgan fingerprint density at radius 2 is 2.37 bits per heavy atom. The molecule has 0 aliphatic carbocycles. The van der Waals surface area contributed by atoms with Crippen LogP contribution in [0.3, 0.4) is 0 Å². The zero-order chi connectivity index (χ0) is 13.7. The Hall–Kier alpha value is -1.83. The SMILES string of the molecule is CCN(C)c1cc(N2CCCC(CC#N)C2)ncn1. The molecule has 5 nitrogen and oxygen atoms in total. The van der Waals surface area contributed by atoms with Crippen molar-refractivity contribution in [2.45, 2.75) is 26.2 Å². The van der Waals surface area contributed by atoms with Crippen LogP contribution < -0.4 is 9.80 Å². The van der Waals surface area contributed by atoms with Crippen LogP contribution in [0.5, 0.6) is 0 Å². The fourth-order valence-corrected chi connectivity index (χ4v) is 2.45. The van der Waals surface area contributed by atoms with Gasteiger partial charge in [0.15, 0.2) is 0 Å². The maximum atomic E-state index is 8.82. The first-order valence-electron chi connectivity index (χ1n) is 6.89. The smallest absolute Gasteiger partial charge is 0.134 e. The molecule has 1 unspecified atom stereocenters. The summed E-state index contributed by atoms with van der Waals surface area (Å²) in [5, 5.41) is 8.82. The van der Waals surface area contributed by atoms with Crippen LogP contribution in [0.1, 0.15) is 26.2 Å². The molecule has 2 heterocycles. The third-order valence-electron chi connectivity index (χ3n) is 3.73. The van der Waals surface area contributed by atoms with E-state index >= 15 is 0 Å². The van der Waals surface area contributed by atoms with Gasteiger partial charge < -0.3 is 9.80 Å². The topological polar surface area (TPSA) is 56.0 Å². The van der Waals surface area contributed by atoms with E-state index in [-0.39, 0.29) is 0 Å². The summed E-state index contributed by atoms with van der Waals surface area (Å²) in [6.07, 6.45) is 4.56. The summed E-state index contributed by atoms with van der Waals surface area (Å²) < 4.78 is 0. The molecule has 102 valence electrons. The number of nitriles is 1. The molecule has 5 heteroatoms. The zero-order valence-corrected chi connectivity index (χ0v) is 11.7. The highest BCUT2D eigenvalue weighted by Crippen LogP contribution is 2.24. The van der Waals surface area contributed by atoms with E-state index < -0.39 is 0 Å². The summed E-state index contributed by atoms with van der Waals surface area (Å²) in [4.78, 5) is 13.1. The Kier molecular flexibility index (Phi) is 4.56. The summed E-state index contributed by atoms with van der Waals surface area (Å²) in [7, 11) is 2.03. The third kappa shape index (κ3) is 3.34. The van der Waals surface area contributed by atoms with E-state index in [2.05, 4.69) is 32.8 Å². The van der Waals surface area contributed by atoms with E-state index in [1.54, 1.807) is 6.33 Å². The molecular formula is C14H21N5. The molecule has 1 aromatic heterocycles. The first kappa shape index (κ1) is 13.6. The normalized spacial score (nSPS) is 19.0. The number of rotatable bonds is 4. The lowest BCUT2D eigenvalue weighted by Crippen LogP contribution is -2.36. The van der Waals surface area contributed by atoms with Crippen LogP contribution in [0, 0.1) is 17.2 Å². The fraction of sp³-hybridized carbons (Fsp3) is 0.643. The molecule has 1 fully saturated rings. The Morgan fingerprint density at radius 3 is 3.11 bits per heavy atom. The van der Waals surface area contributed by atoms with Crippen LogP contribution in [-0.2, 0) is 0 Å². The minimum absolute atomic E-state index is 0.473. The average molecular weight is 259 g/mol. The monoisotopic (exact) mass is 259 g/mol. The second-order valence-electron chi connectivity index (χ2n) is 5.07. The van der Waals surface area contributed by atoms with Crippen LogP contribution >= 0.6 is 0 Å². The van der Waals surface area contributed by atoms with E-state index in [1.807, 2.05) is 13.1 Å². The van der Waals surface area contributed by atoms with E-state index in [0.717, 1.165) is 44.1 Å². The van der Waals surface area contributed by atoms with Crippen LogP contribution in [0.25, 0.3) is 0 Å². The molecule has 0 radical (unpaired) electrons. The Morgan fingerprint density at radius 1 is 1.53 bits per heavy atom. The van der Waals surface area contributed by atoms with Gasteiger partial charge in [-0.05, 0) is 25.7 Å². The van der Waals surface area contributed by atoms with Crippen molar-refractivity contribution >= 4 is 11.6 Å². The molecule has 0 saturated carbocycles. The van der Waals surface area contributed by atoms with Crippen molar-refractivity contribution in [3.8, 4) is 6.07 Å². The molecular weight excluding hydrogens is 238 g/mol. The molecule has 0 amide bonds. The van der Waals surface area contributed by atoms with Crippen LogP contribution in [0.15, 0.2) is 12.4 Å². The first-order valence-corrected chi connectivity index (χ1v) is 6.89. The first-order chi connectivity index (χ1) is 9.24. The van der Waals surface area contributed by atoms with Crippen LogP contribution in [0.2, 0.25) is 0 Å². The Labute approximate surface area is 114 Å². The second kappa shape index (κ2) is 6.37. The molecule has 1 aliphatic rings. The summed E-state index contributed by atoms with van der Waals surface area (Å²) in [5.41, 5.74) is 0. The highest BCUT2D eigenvalue weighted by molar-refractivity contribution is 5.49. The molecule has 1 atom stereocenters. The molecule has 2 rings (SSSR count). The van der Waals surface area contributed by atoms with E-state index in [0.29, 0.717) is 12.3 Å². The lowest BCUT2D eigenvalue weighted by Gasteiger charge is -2.33. The average Bonchev–Trinajstić information content (AvgIpc) is 2.47. The lowest BCUT2D eigenvalue weighted by atomic mass is 9.95. The molecule has 0 N–H and O–H groups in total. The maximum Gasteiger partial charge on any atom is 0.134 e. The van der Waals surface area contributed by atoms with Crippen LogP contribution in [-0.4, -0.2) is 36.6 Å². The fourth-order valence-electron chi connectivity index (χ4n) is 2.45. The summed E-state index contributed by atoms with van der Waals surface area (Å²) in [5.74, 6) is 2.41. The number of nitrogens with zero attached hydrogens (tertiary/aromatic N) is 5. The van der Waals surface area contributed by atoms with Gasteiger partial charge in [0, 0.05) is 39.2 Å². The minimum Gasteiger partial charge on any atom is -0.360 e. The maximum absolute atomic E-state index is 8.82. The number of anilines is 2. The van der Waals surface area contributed by atoms with Gasteiger partial charge in [-0.15, -0.1) is 0 Å².